The molecule has 2 N–H and O–H groups in total. The van der Waals surface area contributed by atoms with Crippen LogP contribution in [0.25, 0.3) is 6.08 Å². The minimum atomic E-state index is -0.296. The van der Waals surface area contributed by atoms with Gasteiger partial charge in [0.1, 0.15) is 5.75 Å². The molecule has 2 rings (SSSR count). The third kappa shape index (κ3) is 5.26. The van der Waals surface area contributed by atoms with Crippen LogP contribution in [-0.2, 0) is 0 Å². The molecule has 0 saturated carbocycles. The Bertz CT molecular complexity index is 654. The van der Waals surface area contributed by atoms with Gasteiger partial charge < -0.3 is 15.4 Å². The molecule has 4 nitrogen and oxygen atoms in total. The smallest absolute Gasteiger partial charge is 0.323 e. The monoisotopic (exact) mass is 360 g/mol. The molecule has 22 heavy (non-hydrogen) atoms. The Kier molecular flexibility index (Phi) is 6.03. The highest BCUT2D eigenvalue weighted by Crippen LogP contribution is 2.15. The number of hydrogen-bond donors (Lipinski definition) is 2. The van der Waals surface area contributed by atoms with Crippen molar-refractivity contribution in [2.45, 2.75) is 6.92 Å². The number of benzene rings is 2. The Morgan fingerprint density at radius 1 is 1.23 bits per heavy atom. The summed E-state index contributed by atoms with van der Waals surface area (Å²) < 4.78 is 6.34. The second-order valence-corrected chi connectivity index (χ2v) is 5.36. The molecule has 0 aliphatic carbocycles. The number of anilines is 1. The normalized spacial score (nSPS) is 10.5. The molecule has 0 unspecified atom stereocenters. The van der Waals surface area contributed by atoms with E-state index in [1.165, 1.54) is 0 Å². The van der Waals surface area contributed by atoms with Gasteiger partial charge in [-0.2, -0.15) is 0 Å². The summed E-state index contributed by atoms with van der Waals surface area (Å²) in [4.78, 5) is 11.8. The van der Waals surface area contributed by atoms with E-state index in [1.54, 1.807) is 18.3 Å². The highest BCUT2D eigenvalue weighted by molar-refractivity contribution is 9.10. The van der Waals surface area contributed by atoms with E-state index in [4.69, 9.17) is 4.74 Å². The maximum Gasteiger partial charge on any atom is 0.323 e. The second kappa shape index (κ2) is 8.24. The Morgan fingerprint density at radius 3 is 2.68 bits per heavy atom. The first kappa shape index (κ1) is 16.1. The molecule has 0 spiro atoms. The van der Waals surface area contributed by atoms with Crippen LogP contribution >= 0.6 is 15.9 Å². The molecule has 114 valence electrons. The number of hydrogen-bond acceptors (Lipinski definition) is 2. The van der Waals surface area contributed by atoms with Gasteiger partial charge in [0, 0.05) is 16.4 Å². The minimum absolute atomic E-state index is 0.296. The van der Waals surface area contributed by atoms with Gasteiger partial charge in [-0.25, -0.2) is 4.79 Å². The predicted octanol–water partition coefficient (Wildman–Crippen LogP) is 4.64. The van der Waals surface area contributed by atoms with Crippen molar-refractivity contribution in [3.05, 3.63) is 64.8 Å². The molecule has 2 aromatic rings. The molecule has 0 saturated heterocycles. The molecule has 0 atom stereocenters. The van der Waals surface area contributed by atoms with Crippen molar-refractivity contribution in [2.24, 2.45) is 0 Å². The zero-order valence-electron chi connectivity index (χ0n) is 12.2. The number of ether oxygens (including phenoxy) is 1. The average Bonchev–Trinajstić information content (AvgIpc) is 2.50. The van der Waals surface area contributed by atoms with Crippen LogP contribution in [0, 0.1) is 0 Å². The van der Waals surface area contributed by atoms with E-state index in [1.807, 2.05) is 49.4 Å². The van der Waals surface area contributed by atoms with Crippen LogP contribution in [0.1, 0.15) is 12.5 Å². The number of rotatable bonds is 5. The van der Waals surface area contributed by atoms with Gasteiger partial charge in [-0.15, -0.1) is 0 Å². The van der Waals surface area contributed by atoms with E-state index in [0.717, 1.165) is 15.8 Å². The highest BCUT2D eigenvalue weighted by atomic mass is 79.9. The van der Waals surface area contributed by atoms with Crippen LogP contribution < -0.4 is 15.4 Å². The van der Waals surface area contributed by atoms with Crippen molar-refractivity contribution >= 4 is 33.7 Å². The van der Waals surface area contributed by atoms with E-state index in [2.05, 4.69) is 26.6 Å². The lowest BCUT2D eigenvalue weighted by Crippen LogP contribution is -2.23. The summed E-state index contributed by atoms with van der Waals surface area (Å²) in [6, 6.07) is 14.7. The van der Waals surface area contributed by atoms with Crippen molar-refractivity contribution in [3.63, 3.8) is 0 Å². The van der Waals surface area contributed by atoms with Crippen molar-refractivity contribution in [1.29, 1.82) is 0 Å². The molecule has 2 amide bonds. The number of amides is 2. The van der Waals surface area contributed by atoms with Gasteiger partial charge in [0.05, 0.1) is 6.61 Å². The Labute approximate surface area is 138 Å². The summed E-state index contributed by atoms with van der Waals surface area (Å²) >= 11 is 3.40. The molecule has 0 aliphatic rings. The predicted molar refractivity (Wildman–Crippen MR) is 92.9 cm³/mol. The van der Waals surface area contributed by atoms with Crippen molar-refractivity contribution in [1.82, 2.24) is 5.32 Å². The molecule has 0 bridgehead atoms. The molecule has 0 aromatic heterocycles. The van der Waals surface area contributed by atoms with E-state index >= 15 is 0 Å². The summed E-state index contributed by atoms with van der Waals surface area (Å²) in [5, 5.41) is 5.40. The van der Waals surface area contributed by atoms with Gasteiger partial charge in [0.15, 0.2) is 0 Å². The Hall–Kier alpha value is -2.27. The quantitative estimate of drug-likeness (QED) is 0.815. The van der Waals surface area contributed by atoms with Gasteiger partial charge in [0.2, 0.25) is 0 Å². The third-order valence-corrected chi connectivity index (χ3v) is 3.26. The summed E-state index contributed by atoms with van der Waals surface area (Å²) in [5.74, 6) is 0.781. The summed E-state index contributed by atoms with van der Waals surface area (Å²) in [5.41, 5.74) is 1.70. The number of nitrogens with one attached hydrogen (secondary N) is 2. The average molecular weight is 361 g/mol. The lowest BCUT2D eigenvalue weighted by Gasteiger charge is -2.06. The van der Waals surface area contributed by atoms with Gasteiger partial charge in [-0.1, -0.05) is 28.1 Å². The molecular weight excluding hydrogens is 344 g/mol. The van der Waals surface area contributed by atoms with Crippen molar-refractivity contribution in [3.8, 4) is 5.75 Å². The van der Waals surface area contributed by atoms with Crippen LogP contribution in [0.5, 0.6) is 5.75 Å². The van der Waals surface area contributed by atoms with Crippen LogP contribution in [0.15, 0.2) is 59.2 Å². The van der Waals surface area contributed by atoms with Gasteiger partial charge in [0.25, 0.3) is 0 Å². The Morgan fingerprint density at radius 2 is 2.00 bits per heavy atom. The largest absolute Gasteiger partial charge is 0.494 e. The van der Waals surface area contributed by atoms with Crippen LogP contribution in [0.4, 0.5) is 10.5 Å². The second-order valence-electron chi connectivity index (χ2n) is 4.44. The maximum absolute atomic E-state index is 11.8. The zero-order chi connectivity index (χ0) is 15.8. The first-order valence-corrected chi connectivity index (χ1v) is 7.69. The molecular formula is C17H17BrN2O2. The number of carbonyl (C=O) groups excluding carboxylic acids is 1. The topological polar surface area (TPSA) is 50.4 Å². The van der Waals surface area contributed by atoms with E-state index in [9.17, 15) is 4.79 Å². The lowest BCUT2D eigenvalue weighted by molar-refractivity contribution is 0.255. The number of carbonyl (C=O) groups is 1. The maximum atomic E-state index is 11.8. The van der Waals surface area contributed by atoms with Crippen molar-refractivity contribution < 1.29 is 9.53 Å². The van der Waals surface area contributed by atoms with E-state index < -0.39 is 0 Å². The van der Waals surface area contributed by atoms with Gasteiger partial charge >= 0.3 is 6.03 Å². The molecule has 0 aliphatic heterocycles. The first-order valence-electron chi connectivity index (χ1n) is 6.90. The molecule has 2 aromatic carbocycles. The van der Waals surface area contributed by atoms with E-state index in [-0.39, 0.29) is 6.03 Å². The zero-order valence-corrected chi connectivity index (χ0v) is 13.8. The fourth-order valence-corrected chi connectivity index (χ4v) is 2.21. The standard InChI is InChI=1S/C17H17BrN2O2/c1-2-22-16-8-6-15(7-9-16)20-17(21)19-11-10-13-4-3-5-14(18)12-13/h3-12H,2H2,1H3,(H2,19,20,21)/b11-10+. The van der Waals surface area contributed by atoms with Crippen LogP contribution in [0.3, 0.4) is 0 Å². The highest BCUT2D eigenvalue weighted by Gasteiger charge is 1.99. The molecule has 5 heteroatoms. The molecule has 0 heterocycles. The van der Waals surface area contributed by atoms with Gasteiger partial charge in [-0.3, -0.25) is 0 Å². The summed E-state index contributed by atoms with van der Waals surface area (Å²) in [6.07, 6.45) is 3.42. The fourth-order valence-electron chi connectivity index (χ4n) is 1.79. The SMILES string of the molecule is CCOc1ccc(NC(=O)N/C=C/c2cccc(Br)c2)cc1. The summed E-state index contributed by atoms with van der Waals surface area (Å²) in [6.45, 7) is 2.55. The van der Waals surface area contributed by atoms with Crippen LogP contribution in [-0.4, -0.2) is 12.6 Å². The molecule has 0 fully saturated rings. The Balaban J connectivity index is 1.85. The minimum Gasteiger partial charge on any atom is -0.494 e. The third-order valence-electron chi connectivity index (χ3n) is 2.76. The first-order chi connectivity index (χ1) is 10.7. The fraction of sp³-hybridized carbons (Fsp3) is 0.118. The van der Waals surface area contributed by atoms with Crippen LogP contribution in [0.2, 0.25) is 0 Å². The van der Waals surface area contributed by atoms with Gasteiger partial charge in [-0.05, 0) is 55.0 Å². The number of urea groups is 1. The number of halogens is 1. The van der Waals surface area contributed by atoms with E-state index in [0.29, 0.717) is 12.3 Å². The van der Waals surface area contributed by atoms with Crippen molar-refractivity contribution in [2.75, 3.05) is 11.9 Å². The lowest BCUT2D eigenvalue weighted by atomic mass is 10.2. The summed E-state index contributed by atoms with van der Waals surface area (Å²) in [7, 11) is 0. The molecule has 0 radical (unpaired) electrons.